The van der Waals surface area contributed by atoms with Crippen LogP contribution in [0, 0.1) is 0 Å². The standard InChI is InChI=1S/C22H25N3O5S2/c1-25(15-6-4-5-7-15)32(27,28)16-10-8-14(9-11-16)21(26)24-22-23-19-17(29-2)12-13-18(30-3)20(19)31-22/h8-13,15H,4-7H2,1-3H3,(H,23,24,26). The van der Waals surface area contributed by atoms with Crippen molar-refractivity contribution < 1.29 is 22.7 Å². The van der Waals surface area contributed by atoms with Gasteiger partial charge in [-0.05, 0) is 49.2 Å². The highest BCUT2D eigenvalue weighted by molar-refractivity contribution is 7.89. The molecule has 8 nitrogen and oxygen atoms in total. The first kappa shape index (κ1) is 22.5. The number of anilines is 1. The highest BCUT2D eigenvalue weighted by atomic mass is 32.2. The summed E-state index contributed by atoms with van der Waals surface area (Å²) in [7, 11) is 1.16. The summed E-state index contributed by atoms with van der Waals surface area (Å²) in [5, 5.41) is 3.17. The molecule has 32 heavy (non-hydrogen) atoms. The van der Waals surface area contributed by atoms with Crippen molar-refractivity contribution >= 4 is 42.6 Å². The summed E-state index contributed by atoms with van der Waals surface area (Å²) in [6, 6.07) is 9.55. The number of fused-ring (bicyclic) bond motifs is 1. The van der Waals surface area contributed by atoms with E-state index < -0.39 is 10.0 Å². The highest BCUT2D eigenvalue weighted by Gasteiger charge is 2.30. The number of hydrogen-bond donors (Lipinski definition) is 1. The summed E-state index contributed by atoms with van der Waals surface area (Å²) in [6.07, 6.45) is 3.86. The first-order valence-electron chi connectivity index (χ1n) is 10.3. The second-order valence-corrected chi connectivity index (χ2v) is 10.6. The first-order chi connectivity index (χ1) is 15.3. The molecule has 0 bridgehead atoms. The Morgan fingerprint density at radius 2 is 1.69 bits per heavy atom. The van der Waals surface area contributed by atoms with E-state index in [0.29, 0.717) is 27.7 Å². The Balaban J connectivity index is 1.53. The number of sulfonamides is 1. The van der Waals surface area contributed by atoms with E-state index in [1.165, 1.54) is 39.9 Å². The van der Waals surface area contributed by atoms with E-state index in [-0.39, 0.29) is 16.8 Å². The van der Waals surface area contributed by atoms with Crippen molar-refractivity contribution in [2.75, 3.05) is 26.6 Å². The van der Waals surface area contributed by atoms with Crippen molar-refractivity contribution in [1.29, 1.82) is 0 Å². The number of carbonyl (C=O) groups is 1. The van der Waals surface area contributed by atoms with Crippen LogP contribution in [0.3, 0.4) is 0 Å². The molecule has 1 aromatic heterocycles. The van der Waals surface area contributed by atoms with E-state index in [1.54, 1.807) is 33.4 Å². The lowest BCUT2D eigenvalue weighted by atomic mass is 10.2. The van der Waals surface area contributed by atoms with Crippen molar-refractivity contribution in [3.8, 4) is 11.5 Å². The van der Waals surface area contributed by atoms with Crippen LogP contribution < -0.4 is 14.8 Å². The van der Waals surface area contributed by atoms with Crippen LogP contribution in [0.4, 0.5) is 5.13 Å². The molecule has 3 aromatic rings. The molecule has 2 aromatic carbocycles. The Morgan fingerprint density at radius 1 is 1.06 bits per heavy atom. The number of nitrogens with one attached hydrogen (secondary N) is 1. The monoisotopic (exact) mass is 475 g/mol. The molecular weight excluding hydrogens is 450 g/mol. The zero-order valence-electron chi connectivity index (χ0n) is 18.1. The Hall–Kier alpha value is -2.69. The fourth-order valence-corrected chi connectivity index (χ4v) is 6.30. The highest BCUT2D eigenvalue weighted by Crippen LogP contribution is 2.39. The van der Waals surface area contributed by atoms with E-state index in [9.17, 15) is 13.2 Å². The maximum Gasteiger partial charge on any atom is 0.257 e. The molecule has 1 aliphatic carbocycles. The summed E-state index contributed by atoms with van der Waals surface area (Å²) in [5.41, 5.74) is 0.939. The molecule has 4 rings (SSSR count). The molecule has 1 saturated carbocycles. The lowest BCUT2D eigenvalue weighted by Gasteiger charge is -2.23. The summed E-state index contributed by atoms with van der Waals surface area (Å²) in [5.74, 6) is 0.841. The van der Waals surface area contributed by atoms with Gasteiger partial charge in [0.25, 0.3) is 5.91 Å². The van der Waals surface area contributed by atoms with E-state index in [4.69, 9.17) is 9.47 Å². The number of benzene rings is 2. The van der Waals surface area contributed by atoms with Crippen molar-refractivity contribution in [3.63, 3.8) is 0 Å². The van der Waals surface area contributed by atoms with Crippen LogP contribution in [0.1, 0.15) is 36.0 Å². The zero-order chi connectivity index (χ0) is 22.9. The molecule has 1 N–H and O–H groups in total. The molecule has 10 heteroatoms. The fourth-order valence-electron chi connectivity index (χ4n) is 3.92. The molecule has 0 atom stereocenters. The van der Waals surface area contributed by atoms with E-state index in [2.05, 4.69) is 10.3 Å². The van der Waals surface area contributed by atoms with Crippen molar-refractivity contribution in [3.05, 3.63) is 42.0 Å². The van der Waals surface area contributed by atoms with Gasteiger partial charge in [-0.2, -0.15) is 4.31 Å². The third-order valence-corrected chi connectivity index (χ3v) is 8.67. The summed E-state index contributed by atoms with van der Waals surface area (Å²) < 4.78 is 38.7. The molecule has 1 aliphatic rings. The molecule has 0 spiro atoms. The molecule has 0 unspecified atom stereocenters. The number of nitrogens with zero attached hydrogens (tertiary/aromatic N) is 2. The van der Waals surface area contributed by atoms with Crippen LogP contribution in [0.15, 0.2) is 41.3 Å². The van der Waals surface area contributed by atoms with E-state index >= 15 is 0 Å². The molecule has 1 fully saturated rings. The van der Waals surface area contributed by atoms with Gasteiger partial charge in [0.1, 0.15) is 21.7 Å². The Labute approximate surface area is 191 Å². The second-order valence-electron chi connectivity index (χ2n) is 7.60. The lowest BCUT2D eigenvalue weighted by Crippen LogP contribution is -2.35. The maximum absolute atomic E-state index is 12.9. The average Bonchev–Trinajstić information content (AvgIpc) is 3.48. The Morgan fingerprint density at radius 3 is 2.31 bits per heavy atom. The molecule has 1 heterocycles. The van der Waals surface area contributed by atoms with Gasteiger partial charge in [-0.25, -0.2) is 13.4 Å². The predicted octanol–water partition coefficient (Wildman–Crippen LogP) is 4.13. The van der Waals surface area contributed by atoms with Crippen molar-refractivity contribution in [1.82, 2.24) is 9.29 Å². The van der Waals surface area contributed by atoms with Crippen molar-refractivity contribution in [2.24, 2.45) is 0 Å². The van der Waals surface area contributed by atoms with Gasteiger partial charge in [0, 0.05) is 18.7 Å². The molecule has 0 aliphatic heterocycles. The van der Waals surface area contributed by atoms with Crippen LogP contribution in [0.25, 0.3) is 10.2 Å². The van der Waals surface area contributed by atoms with Crippen LogP contribution in [-0.4, -0.2) is 50.9 Å². The lowest BCUT2D eigenvalue weighted by molar-refractivity contribution is 0.102. The van der Waals surface area contributed by atoms with Crippen molar-refractivity contribution in [2.45, 2.75) is 36.6 Å². The summed E-state index contributed by atoms with van der Waals surface area (Å²) in [4.78, 5) is 17.4. The number of ether oxygens (including phenoxy) is 2. The minimum Gasteiger partial charge on any atom is -0.495 e. The van der Waals surface area contributed by atoms with Gasteiger partial charge >= 0.3 is 0 Å². The maximum atomic E-state index is 12.9. The van der Waals surface area contributed by atoms with Gasteiger partial charge in [-0.1, -0.05) is 24.2 Å². The minimum absolute atomic E-state index is 0.0380. The number of hydrogen-bond acceptors (Lipinski definition) is 7. The number of carbonyl (C=O) groups excluding carboxylic acids is 1. The molecule has 1 amide bonds. The summed E-state index contributed by atoms with van der Waals surface area (Å²) in [6.45, 7) is 0. The first-order valence-corrected chi connectivity index (χ1v) is 12.5. The van der Waals surface area contributed by atoms with Crippen LogP contribution in [-0.2, 0) is 10.0 Å². The van der Waals surface area contributed by atoms with Gasteiger partial charge in [0.05, 0.1) is 19.1 Å². The van der Waals surface area contributed by atoms with Crippen LogP contribution in [0.2, 0.25) is 0 Å². The smallest absolute Gasteiger partial charge is 0.257 e. The number of methoxy groups -OCH3 is 2. The van der Waals surface area contributed by atoms with Crippen LogP contribution >= 0.6 is 11.3 Å². The van der Waals surface area contributed by atoms with E-state index in [0.717, 1.165) is 30.4 Å². The van der Waals surface area contributed by atoms with Gasteiger partial charge in [0.15, 0.2) is 5.13 Å². The average molecular weight is 476 g/mol. The van der Waals surface area contributed by atoms with Crippen LogP contribution in [0.5, 0.6) is 11.5 Å². The molecular formula is C22H25N3O5S2. The van der Waals surface area contributed by atoms with E-state index in [1.807, 2.05) is 0 Å². The Bertz CT molecular complexity index is 1190. The zero-order valence-corrected chi connectivity index (χ0v) is 19.8. The minimum atomic E-state index is -3.59. The van der Waals surface area contributed by atoms with Gasteiger partial charge in [0.2, 0.25) is 10.0 Å². The molecule has 170 valence electrons. The van der Waals surface area contributed by atoms with Gasteiger partial charge in [-0.3, -0.25) is 10.1 Å². The normalized spacial score (nSPS) is 14.8. The third-order valence-electron chi connectivity index (χ3n) is 5.76. The largest absolute Gasteiger partial charge is 0.495 e. The third kappa shape index (κ3) is 4.17. The number of thiazole rings is 1. The second kappa shape index (κ2) is 9.05. The number of aromatic nitrogens is 1. The number of rotatable bonds is 7. The topological polar surface area (TPSA) is 97.8 Å². The van der Waals surface area contributed by atoms with Gasteiger partial charge < -0.3 is 9.47 Å². The fraction of sp³-hybridized carbons (Fsp3) is 0.364. The van der Waals surface area contributed by atoms with Gasteiger partial charge in [-0.15, -0.1) is 0 Å². The Kier molecular flexibility index (Phi) is 6.36. The molecule has 0 radical (unpaired) electrons. The molecule has 0 saturated heterocycles. The number of amides is 1. The predicted molar refractivity (Wildman–Crippen MR) is 124 cm³/mol. The summed E-state index contributed by atoms with van der Waals surface area (Å²) >= 11 is 1.28. The SMILES string of the molecule is COc1ccc(OC)c2sc(NC(=O)c3ccc(S(=O)(=O)N(C)C4CCCC4)cc3)nc12. The quantitative estimate of drug-likeness (QED) is 0.552.